The van der Waals surface area contributed by atoms with E-state index in [9.17, 15) is 13.2 Å². The summed E-state index contributed by atoms with van der Waals surface area (Å²) in [6, 6.07) is 9.00. The highest BCUT2D eigenvalue weighted by atomic mass is 32.2. The number of ether oxygens (including phenoxy) is 1. The third kappa shape index (κ3) is 5.85. The highest BCUT2D eigenvalue weighted by Crippen LogP contribution is 2.11. The maximum atomic E-state index is 12.0. The summed E-state index contributed by atoms with van der Waals surface area (Å²) in [4.78, 5) is 11.7. The molecule has 5 nitrogen and oxygen atoms in total. The monoisotopic (exact) mass is 311 g/mol. The van der Waals surface area contributed by atoms with Gasteiger partial charge in [0.1, 0.15) is 0 Å². The molecule has 1 aromatic carbocycles. The zero-order chi connectivity index (χ0) is 15.1. The van der Waals surface area contributed by atoms with Crippen LogP contribution in [0.25, 0.3) is 0 Å². The van der Waals surface area contributed by atoms with Crippen LogP contribution in [0.1, 0.15) is 24.8 Å². The van der Waals surface area contributed by atoms with Crippen LogP contribution in [0, 0.1) is 0 Å². The van der Waals surface area contributed by atoms with Crippen LogP contribution in [0.3, 0.4) is 0 Å². The van der Waals surface area contributed by atoms with Crippen molar-refractivity contribution >= 4 is 15.7 Å². The van der Waals surface area contributed by atoms with Crippen LogP contribution in [0.4, 0.5) is 0 Å². The van der Waals surface area contributed by atoms with E-state index in [1.807, 2.05) is 6.07 Å². The van der Waals surface area contributed by atoms with Gasteiger partial charge in [0.05, 0.1) is 17.6 Å². The summed E-state index contributed by atoms with van der Waals surface area (Å²) in [7, 11) is -3.26. The number of nitrogens with one attached hydrogen (secondary N) is 1. The van der Waals surface area contributed by atoms with Crippen molar-refractivity contribution in [2.45, 2.75) is 31.1 Å². The molecule has 0 unspecified atom stereocenters. The van der Waals surface area contributed by atoms with Crippen molar-refractivity contribution in [3.63, 3.8) is 0 Å². The molecule has 0 bridgehead atoms. The average Bonchev–Trinajstić information content (AvgIpc) is 2.97. The first-order valence-electron chi connectivity index (χ1n) is 7.18. The van der Waals surface area contributed by atoms with Crippen LogP contribution < -0.4 is 5.32 Å². The van der Waals surface area contributed by atoms with Gasteiger partial charge in [-0.25, -0.2) is 8.42 Å². The SMILES string of the molecule is O=C(CCS(=O)(=O)Cc1ccccc1)NC[C@H]1CCCO1. The summed E-state index contributed by atoms with van der Waals surface area (Å²) in [6.45, 7) is 1.21. The molecule has 116 valence electrons. The summed E-state index contributed by atoms with van der Waals surface area (Å²) in [5.41, 5.74) is 0.747. The third-order valence-corrected chi connectivity index (χ3v) is 5.02. The molecule has 1 N–H and O–H groups in total. The highest BCUT2D eigenvalue weighted by molar-refractivity contribution is 7.90. The van der Waals surface area contributed by atoms with Gasteiger partial charge in [0.15, 0.2) is 9.84 Å². The van der Waals surface area contributed by atoms with Crippen LogP contribution in [0.15, 0.2) is 30.3 Å². The Morgan fingerprint density at radius 2 is 2.05 bits per heavy atom. The number of sulfone groups is 1. The number of benzene rings is 1. The number of carbonyl (C=O) groups is 1. The van der Waals surface area contributed by atoms with E-state index < -0.39 is 9.84 Å². The number of rotatable bonds is 7. The molecule has 0 aliphatic carbocycles. The third-order valence-electron chi connectivity index (χ3n) is 3.42. The second-order valence-electron chi connectivity index (χ2n) is 5.27. The maximum Gasteiger partial charge on any atom is 0.221 e. The van der Waals surface area contributed by atoms with Crippen LogP contribution >= 0.6 is 0 Å². The van der Waals surface area contributed by atoms with Gasteiger partial charge in [-0.3, -0.25) is 4.79 Å². The zero-order valence-electron chi connectivity index (χ0n) is 12.0. The molecule has 2 rings (SSSR count). The van der Waals surface area contributed by atoms with Crippen molar-refractivity contribution < 1.29 is 17.9 Å². The minimum Gasteiger partial charge on any atom is -0.376 e. The molecule has 1 heterocycles. The summed E-state index contributed by atoms with van der Waals surface area (Å²) in [6.07, 6.45) is 2.05. The van der Waals surface area contributed by atoms with Gasteiger partial charge in [-0.15, -0.1) is 0 Å². The molecule has 1 aromatic rings. The van der Waals surface area contributed by atoms with Gasteiger partial charge < -0.3 is 10.1 Å². The molecule has 1 aliphatic rings. The van der Waals surface area contributed by atoms with Gasteiger partial charge in [-0.2, -0.15) is 0 Å². The van der Waals surface area contributed by atoms with Crippen molar-refractivity contribution in [2.75, 3.05) is 18.9 Å². The van der Waals surface area contributed by atoms with Gasteiger partial charge in [0.2, 0.25) is 5.91 Å². The van der Waals surface area contributed by atoms with E-state index in [0.717, 1.165) is 25.0 Å². The van der Waals surface area contributed by atoms with E-state index in [0.29, 0.717) is 6.54 Å². The van der Waals surface area contributed by atoms with Crippen molar-refractivity contribution in [1.29, 1.82) is 0 Å². The van der Waals surface area contributed by atoms with Gasteiger partial charge in [0.25, 0.3) is 0 Å². The quantitative estimate of drug-likeness (QED) is 0.823. The van der Waals surface area contributed by atoms with E-state index in [1.165, 1.54) is 0 Å². The lowest BCUT2D eigenvalue weighted by Gasteiger charge is -2.10. The first-order valence-corrected chi connectivity index (χ1v) is 9.00. The molecule has 0 aromatic heterocycles. The Bertz CT molecular complexity index is 550. The van der Waals surface area contributed by atoms with E-state index in [2.05, 4.69) is 5.32 Å². The minimum atomic E-state index is -3.26. The van der Waals surface area contributed by atoms with E-state index in [4.69, 9.17) is 4.74 Å². The molecule has 1 saturated heterocycles. The first-order chi connectivity index (χ1) is 10.1. The number of carbonyl (C=O) groups excluding carboxylic acids is 1. The van der Waals surface area contributed by atoms with Crippen molar-refractivity contribution in [3.05, 3.63) is 35.9 Å². The normalized spacial score (nSPS) is 18.6. The van der Waals surface area contributed by atoms with Crippen LogP contribution in [-0.4, -0.2) is 39.3 Å². The van der Waals surface area contributed by atoms with Crippen molar-refractivity contribution in [2.24, 2.45) is 0 Å². The predicted octanol–water partition coefficient (Wildman–Crippen LogP) is 1.29. The molecule has 6 heteroatoms. The molecule has 1 aliphatic heterocycles. The maximum absolute atomic E-state index is 12.0. The van der Waals surface area contributed by atoms with Gasteiger partial charge in [0, 0.05) is 19.6 Å². The molecular weight excluding hydrogens is 290 g/mol. The number of hydrogen-bond acceptors (Lipinski definition) is 4. The second kappa shape index (κ2) is 7.56. The lowest BCUT2D eigenvalue weighted by atomic mass is 10.2. The van der Waals surface area contributed by atoms with E-state index >= 15 is 0 Å². The molecule has 0 spiro atoms. The standard InChI is InChI=1S/C15H21NO4S/c17-15(16-11-14-7-4-9-20-14)8-10-21(18,19)12-13-5-2-1-3-6-13/h1-3,5-6,14H,4,7-12H2,(H,16,17)/t14-/m1/s1. The van der Waals surface area contributed by atoms with E-state index in [1.54, 1.807) is 24.3 Å². The molecular formula is C15H21NO4S. The summed E-state index contributed by atoms with van der Waals surface area (Å²) in [5.74, 6) is -0.381. The van der Waals surface area contributed by atoms with Crippen LogP contribution in [0.5, 0.6) is 0 Å². The predicted molar refractivity (Wildman–Crippen MR) is 80.5 cm³/mol. The van der Waals surface area contributed by atoms with Crippen LogP contribution in [0.2, 0.25) is 0 Å². The summed E-state index contributed by atoms with van der Waals surface area (Å²) >= 11 is 0. The van der Waals surface area contributed by atoms with E-state index in [-0.39, 0.29) is 29.9 Å². The Labute approximate surface area is 125 Å². The van der Waals surface area contributed by atoms with Gasteiger partial charge in [-0.1, -0.05) is 30.3 Å². The Kier molecular flexibility index (Phi) is 5.76. The van der Waals surface area contributed by atoms with Crippen molar-refractivity contribution in [3.8, 4) is 0 Å². The topological polar surface area (TPSA) is 72.5 Å². The van der Waals surface area contributed by atoms with Crippen molar-refractivity contribution in [1.82, 2.24) is 5.32 Å². The average molecular weight is 311 g/mol. The lowest BCUT2D eigenvalue weighted by molar-refractivity contribution is -0.121. The molecule has 0 radical (unpaired) electrons. The fourth-order valence-electron chi connectivity index (χ4n) is 2.27. The Morgan fingerprint density at radius 3 is 2.71 bits per heavy atom. The minimum absolute atomic E-state index is 0.00187. The molecule has 1 amide bonds. The first kappa shape index (κ1) is 16.0. The fraction of sp³-hybridized carbons (Fsp3) is 0.533. The zero-order valence-corrected chi connectivity index (χ0v) is 12.8. The number of amides is 1. The Hall–Kier alpha value is -1.40. The molecule has 21 heavy (non-hydrogen) atoms. The summed E-state index contributed by atoms with van der Waals surface area (Å²) < 4.78 is 29.3. The highest BCUT2D eigenvalue weighted by Gasteiger charge is 2.18. The van der Waals surface area contributed by atoms with Gasteiger partial charge in [-0.05, 0) is 18.4 Å². The lowest BCUT2D eigenvalue weighted by Crippen LogP contribution is -2.32. The Balaban J connectivity index is 1.72. The Morgan fingerprint density at radius 1 is 1.29 bits per heavy atom. The fourth-order valence-corrected chi connectivity index (χ4v) is 3.61. The molecule has 1 atom stereocenters. The van der Waals surface area contributed by atoms with Gasteiger partial charge >= 0.3 is 0 Å². The smallest absolute Gasteiger partial charge is 0.221 e. The molecule has 0 saturated carbocycles. The molecule has 1 fully saturated rings. The largest absolute Gasteiger partial charge is 0.376 e. The summed E-state index contributed by atoms with van der Waals surface area (Å²) in [5, 5.41) is 2.73. The second-order valence-corrected chi connectivity index (χ2v) is 7.45. The number of hydrogen-bond donors (Lipinski definition) is 1. The van der Waals surface area contributed by atoms with Crippen LogP contribution in [-0.2, 0) is 25.1 Å².